The van der Waals surface area contributed by atoms with Crippen molar-refractivity contribution in [3.05, 3.63) is 31.9 Å². The molecule has 0 aliphatic carbocycles. The Morgan fingerprint density at radius 2 is 2.03 bits per heavy atom. The highest BCUT2D eigenvalue weighted by Crippen LogP contribution is 2.37. The fraction of sp³-hybridized carbons (Fsp3) is 0.565. The van der Waals surface area contributed by atoms with Gasteiger partial charge in [0.15, 0.2) is 0 Å². The van der Waals surface area contributed by atoms with Gasteiger partial charge in [-0.2, -0.15) is 5.26 Å². The van der Waals surface area contributed by atoms with E-state index in [0.717, 1.165) is 63.2 Å². The van der Waals surface area contributed by atoms with Crippen molar-refractivity contribution in [1.29, 1.82) is 5.26 Å². The van der Waals surface area contributed by atoms with Crippen LogP contribution in [-0.4, -0.2) is 52.0 Å². The maximum atomic E-state index is 13.2. The molecule has 7 nitrogen and oxygen atoms in total. The molecule has 32 heavy (non-hydrogen) atoms. The first-order chi connectivity index (χ1) is 15.5. The van der Waals surface area contributed by atoms with Gasteiger partial charge in [0.05, 0.1) is 17.6 Å². The van der Waals surface area contributed by atoms with E-state index in [1.807, 2.05) is 13.0 Å². The molecule has 0 aromatic carbocycles. The molecule has 3 aliphatic rings. The lowest BCUT2D eigenvalue weighted by Gasteiger charge is -2.26. The molecule has 3 aliphatic heterocycles. The van der Waals surface area contributed by atoms with Crippen LogP contribution in [0.4, 0.5) is 5.82 Å². The van der Waals surface area contributed by atoms with Gasteiger partial charge in [-0.3, -0.25) is 19.1 Å². The first kappa shape index (κ1) is 23.0. The molecule has 3 saturated heterocycles. The second-order valence-corrected chi connectivity index (χ2v) is 10.1. The summed E-state index contributed by atoms with van der Waals surface area (Å²) in [4.78, 5) is 30.7. The Hall–Kier alpha value is -2.15. The molecule has 170 valence electrons. The van der Waals surface area contributed by atoms with Gasteiger partial charge in [0.2, 0.25) is 0 Å². The summed E-state index contributed by atoms with van der Waals surface area (Å²) in [6, 6.07) is 2.10. The molecule has 1 unspecified atom stereocenters. The lowest BCUT2D eigenvalue weighted by molar-refractivity contribution is -0.123. The van der Waals surface area contributed by atoms with Crippen LogP contribution in [0, 0.1) is 18.3 Å². The first-order valence-electron chi connectivity index (χ1n) is 11.3. The topological polar surface area (TPSA) is 78.6 Å². The number of nitriles is 1. The Morgan fingerprint density at radius 1 is 1.28 bits per heavy atom. The predicted octanol–water partition coefficient (Wildman–Crippen LogP) is 3.42. The molecule has 9 heteroatoms. The van der Waals surface area contributed by atoms with Crippen LogP contribution in [0.5, 0.6) is 0 Å². The van der Waals surface area contributed by atoms with Crippen LogP contribution >= 0.6 is 24.0 Å². The molecule has 1 aromatic heterocycles. The predicted molar refractivity (Wildman–Crippen MR) is 131 cm³/mol. The van der Waals surface area contributed by atoms with Crippen molar-refractivity contribution in [3.8, 4) is 6.07 Å². The largest absolute Gasteiger partial charge is 0.376 e. The smallest absolute Gasteiger partial charge is 0.270 e. The lowest BCUT2D eigenvalue weighted by Crippen LogP contribution is -2.35. The zero-order chi connectivity index (χ0) is 22.8. The van der Waals surface area contributed by atoms with E-state index in [-0.39, 0.29) is 23.1 Å². The number of ether oxygens (including phenoxy) is 1. The Morgan fingerprint density at radius 3 is 2.66 bits per heavy atom. The third kappa shape index (κ3) is 4.24. The van der Waals surface area contributed by atoms with Gasteiger partial charge < -0.3 is 9.64 Å². The number of carbonyl (C=O) groups is 1. The number of thioether (sulfide) groups is 1. The van der Waals surface area contributed by atoms with Crippen LogP contribution in [0.1, 0.15) is 55.7 Å². The quantitative estimate of drug-likeness (QED) is 0.464. The van der Waals surface area contributed by atoms with Crippen LogP contribution in [0.15, 0.2) is 9.70 Å². The van der Waals surface area contributed by atoms with Gasteiger partial charge in [0.25, 0.3) is 11.5 Å². The molecule has 4 heterocycles. The minimum Gasteiger partial charge on any atom is -0.376 e. The van der Waals surface area contributed by atoms with Gasteiger partial charge in [-0.25, -0.2) is 0 Å². The number of anilines is 1. The summed E-state index contributed by atoms with van der Waals surface area (Å²) >= 11 is 6.79. The average molecular weight is 473 g/mol. The minimum absolute atomic E-state index is 0.0235. The van der Waals surface area contributed by atoms with E-state index >= 15 is 0 Å². The van der Waals surface area contributed by atoms with Crippen molar-refractivity contribution in [1.82, 2.24) is 9.47 Å². The third-order valence-electron chi connectivity index (χ3n) is 6.26. The highest BCUT2D eigenvalue weighted by Gasteiger charge is 2.35. The molecular weight excluding hydrogens is 444 g/mol. The second kappa shape index (κ2) is 9.77. The van der Waals surface area contributed by atoms with E-state index in [9.17, 15) is 14.9 Å². The summed E-state index contributed by atoms with van der Waals surface area (Å²) in [6.07, 6.45) is 6.69. The fourth-order valence-electron chi connectivity index (χ4n) is 4.63. The number of amides is 1. The molecular formula is C23H28N4O3S2. The zero-order valence-electron chi connectivity index (χ0n) is 18.6. The average Bonchev–Trinajstić information content (AvgIpc) is 3.52. The zero-order valence-corrected chi connectivity index (χ0v) is 20.2. The SMILES string of the molecule is CCCn1c(N2CCCC2)c(/C=C2/SC(=S)N(CC3CCCO3)C2=O)c(C)c(C#N)c1=O. The van der Waals surface area contributed by atoms with Crippen molar-refractivity contribution in [2.45, 2.75) is 58.6 Å². The molecule has 0 N–H and O–H groups in total. The van der Waals surface area contributed by atoms with Gasteiger partial charge in [-0.15, -0.1) is 0 Å². The summed E-state index contributed by atoms with van der Waals surface area (Å²) in [5.41, 5.74) is 1.28. The number of thiocarbonyl (C=S) groups is 1. The van der Waals surface area contributed by atoms with Crippen molar-refractivity contribution < 1.29 is 9.53 Å². The second-order valence-electron chi connectivity index (χ2n) is 8.43. The van der Waals surface area contributed by atoms with Gasteiger partial charge in [-0.1, -0.05) is 30.9 Å². The van der Waals surface area contributed by atoms with Crippen molar-refractivity contribution >= 4 is 46.1 Å². The molecule has 1 amide bonds. The van der Waals surface area contributed by atoms with E-state index in [4.69, 9.17) is 17.0 Å². The first-order valence-corrected chi connectivity index (χ1v) is 12.5. The van der Waals surface area contributed by atoms with Crippen LogP contribution in [-0.2, 0) is 16.1 Å². The monoisotopic (exact) mass is 472 g/mol. The molecule has 0 radical (unpaired) electrons. The summed E-state index contributed by atoms with van der Waals surface area (Å²) in [5, 5.41) is 9.72. The fourth-order valence-corrected chi connectivity index (χ4v) is 5.88. The van der Waals surface area contributed by atoms with Gasteiger partial charge in [-0.05, 0) is 50.7 Å². The summed E-state index contributed by atoms with van der Waals surface area (Å²) < 4.78 is 7.94. The van der Waals surface area contributed by atoms with Crippen molar-refractivity contribution in [2.75, 3.05) is 31.1 Å². The standard InChI is InChI=1S/C23H28N4O3S2/c1-3-8-26-20(25-9-4-5-10-25)17(15(2)18(13-24)21(26)28)12-19-22(29)27(23(31)32-19)14-16-7-6-11-30-16/h12,16H,3-11,14H2,1-2H3/b19-12+. The van der Waals surface area contributed by atoms with Gasteiger partial charge in [0.1, 0.15) is 21.8 Å². The van der Waals surface area contributed by atoms with Crippen molar-refractivity contribution in [3.63, 3.8) is 0 Å². The van der Waals surface area contributed by atoms with Crippen molar-refractivity contribution in [2.24, 2.45) is 0 Å². The maximum Gasteiger partial charge on any atom is 0.270 e. The number of hydrogen-bond donors (Lipinski definition) is 0. The van der Waals surface area contributed by atoms with Crippen LogP contribution in [0.3, 0.4) is 0 Å². The van der Waals surface area contributed by atoms with Gasteiger partial charge >= 0.3 is 0 Å². The molecule has 4 rings (SSSR count). The van der Waals surface area contributed by atoms with Crippen LogP contribution in [0.25, 0.3) is 6.08 Å². The summed E-state index contributed by atoms with van der Waals surface area (Å²) in [6.45, 7) is 7.25. The number of aromatic nitrogens is 1. The normalized spacial score (nSPS) is 22.4. The Kier molecular flexibility index (Phi) is 7.03. The maximum absolute atomic E-state index is 13.2. The summed E-state index contributed by atoms with van der Waals surface area (Å²) in [5.74, 6) is 0.685. The van der Waals surface area contributed by atoms with E-state index in [2.05, 4.69) is 11.0 Å². The van der Waals surface area contributed by atoms with Gasteiger partial charge in [0, 0.05) is 31.8 Å². The number of nitrogens with zero attached hydrogens (tertiary/aromatic N) is 4. The third-order valence-corrected chi connectivity index (χ3v) is 7.64. The highest BCUT2D eigenvalue weighted by atomic mass is 32.2. The number of pyridine rings is 1. The van der Waals surface area contributed by atoms with E-state index in [1.165, 1.54) is 11.8 Å². The number of rotatable bonds is 6. The lowest BCUT2D eigenvalue weighted by atomic mass is 10.0. The van der Waals surface area contributed by atoms with Crippen LogP contribution in [0.2, 0.25) is 0 Å². The molecule has 0 saturated carbocycles. The number of hydrogen-bond acceptors (Lipinski definition) is 7. The number of carbonyl (C=O) groups excluding carboxylic acids is 1. The molecule has 1 aromatic rings. The molecule has 1 atom stereocenters. The Balaban J connectivity index is 1.80. The molecule has 3 fully saturated rings. The molecule has 0 bridgehead atoms. The van der Waals surface area contributed by atoms with E-state index in [0.29, 0.717) is 27.9 Å². The minimum atomic E-state index is -0.253. The highest BCUT2D eigenvalue weighted by molar-refractivity contribution is 8.26. The Bertz CT molecular complexity index is 1060. The molecule has 0 spiro atoms. The Labute approximate surface area is 198 Å². The van der Waals surface area contributed by atoms with E-state index < -0.39 is 0 Å². The van der Waals surface area contributed by atoms with Crippen LogP contribution < -0.4 is 10.5 Å². The van der Waals surface area contributed by atoms with E-state index in [1.54, 1.807) is 16.4 Å². The summed E-state index contributed by atoms with van der Waals surface area (Å²) in [7, 11) is 0.